The molecule has 0 aromatic carbocycles. The first-order valence-corrected chi connectivity index (χ1v) is 7.39. The van der Waals surface area contributed by atoms with Crippen LogP contribution in [-0.2, 0) is 4.79 Å². The van der Waals surface area contributed by atoms with Crippen LogP contribution in [0.3, 0.4) is 0 Å². The van der Waals surface area contributed by atoms with Crippen molar-refractivity contribution in [1.29, 1.82) is 0 Å². The van der Waals surface area contributed by atoms with Crippen molar-refractivity contribution in [3.63, 3.8) is 0 Å². The Balaban J connectivity index is 3.61. The van der Waals surface area contributed by atoms with Crippen LogP contribution in [0.15, 0.2) is 0 Å². The van der Waals surface area contributed by atoms with E-state index in [1.165, 1.54) is 12.8 Å². The van der Waals surface area contributed by atoms with Crippen LogP contribution >= 0.6 is 0 Å². The molecule has 108 valence electrons. The Labute approximate surface area is 113 Å². The zero-order chi connectivity index (χ0) is 13.8. The molecule has 4 heteroatoms. The Bertz CT molecular complexity index is 205. The van der Waals surface area contributed by atoms with Crippen molar-refractivity contribution in [2.75, 3.05) is 32.7 Å². The Hall–Kier alpha value is -0.610. The van der Waals surface area contributed by atoms with Crippen LogP contribution in [0, 0.1) is 0 Å². The highest BCUT2D eigenvalue weighted by atomic mass is 16.2. The molecule has 0 rings (SSSR count). The number of carbonyl (C=O) groups excluding carboxylic acids is 1. The summed E-state index contributed by atoms with van der Waals surface area (Å²) in [5.74, 6) is 0.116. The Morgan fingerprint density at radius 3 is 2.33 bits per heavy atom. The molecule has 18 heavy (non-hydrogen) atoms. The van der Waals surface area contributed by atoms with Crippen LogP contribution in [0.2, 0.25) is 0 Å². The maximum absolute atomic E-state index is 11.7. The summed E-state index contributed by atoms with van der Waals surface area (Å²) >= 11 is 0. The summed E-state index contributed by atoms with van der Waals surface area (Å²) < 4.78 is 0. The van der Waals surface area contributed by atoms with E-state index in [-0.39, 0.29) is 11.9 Å². The van der Waals surface area contributed by atoms with Crippen LogP contribution in [0.5, 0.6) is 0 Å². The maximum atomic E-state index is 11.7. The molecule has 0 aliphatic rings. The molecule has 0 aromatic heterocycles. The van der Waals surface area contributed by atoms with E-state index in [1.54, 1.807) is 0 Å². The average molecular weight is 257 g/mol. The van der Waals surface area contributed by atoms with Gasteiger partial charge in [-0.15, -0.1) is 0 Å². The molecule has 0 saturated carbocycles. The molecule has 0 saturated heterocycles. The lowest BCUT2D eigenvalue weighted by Gasteiger charge is -2.20. The van der Waals surface area contributed by atoms with Crippen LogP contribution in [-0.4, -0.2) is 49.6 Å². The van der Waals surface area contributed by atoms with Gasteiger partial charge in [0.15, 0.2) is 0 Å². The molecule has 0 heterocycles. The molecule has 0 fully saturated rings. The molecule has 2 N–H and O–H groups in total. The summed E-state index contributed by atoms with van der Waals surface area (Å²) in [6.07, 6.45) is 3.45. The Kier molecular flexibility index (Phi) is 11.1. The molecule has 0 aliphatic heterocycles. The second-order valence-corrected chi connectivity index (χ2v) is 4.70. The molecular formula is C14H31N3O. The summed E-state index contributed by atoms with van der Waals surface area (Å²) in [5.41, 5.74) is 0. The number of unbranched alkanes of at least 4 members (excludes halogenated alkanes) is 2. The van der Waals surface area contributed by atoms with Crippen molar-refractivity contribution in [3.05, 3.63) is 0 Å². The van der Waals surface area contributed by atoms with Gasteiger partial charge in [0.2, 0.25) is 5.91 Å². The number of nitrogens with zero attached hydrogens (tertiary/aromatic N) is 1. The highest BCUT2D eigenvalue weighted by Crippen LogP contribution is 1.92. The van der Waals surface area contributed by atoms with E-state index in [4.69, 9.17) is 0 Å². The van der Waals surface area contributed by atoms with Crippen LogP contribution in [0.1, 0.15) is 47.0 Å². The van der Waals surface area contributed by atoms with Gasteiger partial charge < -0.3 is 15.5 Å². The van der Waals surface area contributed by atoms with E-state index >= 15 is 0 Å². The number of hydrogen-bond donors (Lipinski definition) is 2. The van der Waals surface area contributed by atoms with Crippen LogP contribution in [0.25, 0.3) is 0 Å². The fraction of sp³-hybridized carbons (Fsp3) is 0.929. The first-order chi connectivity index (χ1) is 8.65. The van der Waals surface area contributed by atoms with Crippen molar-refractivity contribution in [2.45, 2.75) is 53.0 Å². The number of carbonyl (C=O) groups is 1. The highest BCUT2D eigenvalue weighted by Gasteiger charge is 2.11. The van der Waals surface area contributed by atoms with Gasteiger partial charge in [0, 0.05) is 19.6 Å². The molecular weight excluding hydrogens is 226 g/mol. The molecule has 1 atom stereocenters. The van der Waals surface area contributed by atoms with Crippen LogP contribution in [0.4, 0.5) is 0 Å². The normalized spacial score (nSPS) is 12.7. The highest BCUT2D eigenvalue weighted by molar-refractivity contribution is 5.81. The van der Waals surface area contributed by atoms with Gasteiger partial charge in [-0.2, -0.15) is 0 Å². The van der Waals surface area contributed by atoms with Gasteiger partial charge in [-0.1, -0.05) is 33.6 Å². The van der Waals surface area contributed by atoms with Gasteiger partial charge in [-0.05, 0) is 26.4 Å². The molecule has 0 bridgehead atoms. The Morgan fingerprint density at radius 2 is 1.78 bits per heavy atom. The third kappa shape index (κ3) is 8.48. The van der Waals surface area contributed by atoms with Crippen molar-refractivity contribution in [2.24, 2.45) is 0 Å². The van der Waals surface area contributed by atoms with E-state index in [1.807, 2.05) is 6.92 Å². The van der Waals surface area contributed by atoms with Crippen LogP contribution < -0.4 is 10.6 Å². The van der Waals surface area contributed by atoms with Crippen molar-refractivity contribution in [1.82, 2.24) is 15.5 Å². The second-order valence-electron chi connectivity index (χ2n) is 4.70. The predicted molar refractivity (Wildman–Crippen MR) is 77.8 cm³/mol. The van der Waals surface area contributed by atoms with E-state index < -0.39 is 0 Å². The van der Waals surface area contributed by atoms with Crippen molar-refractivity contribution < 1.29 is 4.79 Å². The number of hydrogen-bond acceptors (Lipinski definition) is 3. The molecule has 1 amide bonds. The third-order valence-corrected chi connectivity index (χ3v) is 3.25. The Morgan fingerprint density at radius 1 is 1.11 bits per heavy atom. The molecule has 0 aromatic rings. The molecule has 4 nitrogen and oxygen atoms in total. The lowest BCUT2D eigenvalue weighted by atomic mass is 10.2. The topological polar surface area (TPSA) is 44.4 Å². The molecule has 1 unspecified atom stereocenters. The van der Waals surface area contributed by atoms with Crippen molar-refractivity contribution >= 4 is 5.91 Å². The van der Waals surface area contributed by atoms with Crippen molar-refractivity contribution in [3.8, 4) is 0 Å². The first-order valence-electron chi connectivity index (χ1n) is 7.39. The first kappa shape index (κ1) is 17.4. The predicted octanol–water partition coefficient (Wildman–Crippen LogP) is 1.61. The fourth-order valence-electron chi connectivity index (χ4n) is 1.81. The number of nitrogens with one attached hydrogen (secondary N) is 2. The smallest absolute Gasteiger partial charge is 0.236 e. The fourth-order valence-corrected chi connectivity index (χ4v) is 1.81. The minimum Gasteiger partial charge on any atom is -0.355 e. The largest absolute Gasteiger partial charge is 0.355 e. The summed E-state index contributed by atoms with van der Waals surface area (Å²) in [4.78, 5) is 14.1. The van der Waals surface area contributed by atoms with E-state index in [9.17, 15) is 4.79 Å². The summed E-state index contributed by atoms with van der Waals surface area (Å²) in [6, 6.07) is -0.0952. The van der Waals surface area contributed by atoms with E-state index in [2.05, 4.69) is 36.3 Å². The summed E-state index contributed by atoms with van der Waals surface area (Å²) in [6.45, 7) is 13.2. The zero-order valence-electron chi connectivity index (χ0n) is 12.6. The minimum atomic E-state index is -0.0952. The molecule has 0 radical (unpaired) electrons. The standard InChI is InChI=1S/C14H31N3O/c1-5-8-9-10-16-14(18)13(4)15-11-12-17(6-2)7-3/h13,15H,5-12H2,1-4H3,(H,16,18). The summed E-state index contributed by atoms with van der Waals surface area (Å²) in [7, 11) is 0. The SMILES string of the molecule is CCCCCNC(=O)C(C)NCCN(CC)CC. The zero-order valence-corrected chi connectivity index (χ0v) is 12.6. The number of amides is 1. The molecule has 0 spiro atoms. The minimum absolute atomic E-state index is 0.0952. The van der Waals surface area contributed by atoms with Gasteiger partial charge in [-0.25, -0.2) is 0 Å². The number of rotatable bonds is 11. The van der Waals surface area contributed by atoms with Gasteiger partial charge in [0.25, 0.3) is 0 Å². The summed E-state index contributed by atoms with van der Waals surface area (Å²) in [5, 5.41) is 6.24. The van der Waals surface area contributed by atoms with Gasteiger partial charge in [0.05, 0.1) is 6.04 Å². The number of likely N-dealkylation sites (N-methyl/N-ethyl adjacent to an activating group) is 1. The quantitative estimate of drug-likeness (QED) is 0.553. The second kappa shape index (κ2) is 11.5. The monoisotopic (exact) mass is 257 g/mol. The van der Waals surface area contributed by atoms with Gasteiger partial charge in [0.1, 0.15) is 0 Å². The van der Waals surface area contributed by atoms with Gasteiger partial charge in [-0.3, -0.25) is 4.79 Å². The lowest BCUT2D eigenvalue weighted by Crippen LogP contribution is -2.45. The third-order valence-electron chi connectivity index (χ3n) is 3.25. The van der Waals surface area contributed by atoms with E-state index in [0.29, 0.717) is 0 Å². The maximum Gasteiger partial charge on any atom is 0.236 e. The van der Waals surface area contributed by atoms with E-state index in [0.717, 1.165) is 39.1 Å². The van der Waals surface area contributed by atoms with Gasteiger partial charge >= 0.3 is 0 Å². The lowest BCUT2D eigenvalue weighted by molar-refractivity contribution is -0.122. The average Bonchev–Trinajstić information content (AvgIpc) is 2.39. The molecule has 0 aliphatic carbocycles.